The summed E-state index contributed by atoms with van der Waals surface area (Å²) in [6.45, 7) is 14.8. The summed E-state index contributed by atoms with van der Waals surface area (Å²) in [7, 11) is 0. The smallest absolute Gasteiger partial charge is 0.172 e. The lowest BCUT2D eigenvalue weighted by atomic mass is 9.61. The molecule has 0 atom stereocenters. The van der Waals surface area contributed by atoms with Crippen LogP contribution in [0.1, 0.15) is 61.8 Å². The van der Waals surface area contributed by atoms with Crippen LogP contribution in [0.4, 0.5) is 0 Å². The van der Waals surface area contributed by atoms with Crippen molar-refractivity contribution in [3.05, 3.63) is 22.8 Å². The topological polar surface area (TPSA) is 51.2 Å². The number of hydrogen-bond donors (Lipinski definition) is 0. The van der Waals surface area contributed by atoms with E-state index in [0.29, 0.717) is 6.42 Å². The molecular formula is C20H28O3. The van der Waals surface area contributed by atoms with Crippen LogP contribution in [0.5, 0.6) is 0 Å². The zero-order valence-electron chi connectivity index (χ0n) is 15.6. The maximum Gasteiger partial charge on any atom is 0.172 e. The third-order valence-corrected chi connectivity index (χ3v) is 5.60. The second-order valence-electron chi connectivity index (χ2n) is 8.79. The number of ketones is 3. The highest BCUT2D eigenvalue weighted by atomic mass is 16.2. The van der Waals surface area contributed by atoms with Crippen molar-refractivity contribution in [1.29, 1.82) is 0 Å². The van der Waals surface area contributed by atoms with Gasteiger partial charge in [0.15, 0.2) is 11.6 Å². The summed E-state index contributed by atoms with van der Waals surface area (Å²) < 4.78 is 0. The Labute approximate surface area is 139 Å². The van der Waals surface area contributed by atoms with Crippen LogP contribution in [-0.2, 0) is 14.4 Å². The SMILES string of the molecule is CC(C)C(=O)C(C)(C)C1=CC2=C(C1)C(=O)C(C)(C)C(=O)C2(C)C. The van der Waals surface area contributed by atoms with Crippen molar-refractivity contribution < 1.29 is 14.4 Å². The van der Waals surface area contributed by atoms with Gasteiger partial charge >= 0.3 is 0 Å². The molecule has 0 aromatic rings. The first kappa shape index (κ1) is 17.8. The summed E-state index contributed by atoms with van der Waals surface area (Å²) in [5, 5.41) is 0. The van der Waals surface area contributed by atoms with Gasteiger partial charge in [-0.3, -0.25) is 14.4 Å². The third kappa shape index (κ3) is 2.36. The maximum atomic E-state index is 12.8. The Morgan fingerprint density at radius 2 is 1.61 bits per heavy atom. The van der Waals surface area contributed by atoms with Crippen molar-refractivity contribution >= 4 is 17.3 Å². The molecule has 0 bridgehead atoms. The van der Waals surface area contributed by atoms with E-state index in [4.69, 9.17) is 0 Å². The Balaban J connectivity index is 2.52. The van der Waals surface area contributed by atoms with E-state index in [-0.39, 0.29) is 23.3 Å². The van der Waals surface area contributed by atoms with Gasteiger partial charge in [0.25, 0.3) is 0 Å². The molecule has 0 heterocycles. The Morgan fingerprint density at radius 1 is 1.09 bits per heavy atom. The van der Waals surface area contributed by atoms with E-state index in [9.17, 15) is 14.4 Å². The highest BCUT2D eigenvalue weighted by Crippen LogP contribution is 2.52. The normalized spacial score (nSPS) is 23.3. The minimum atomic E-state index is -0.988. The zero-order valence-corrected chi connectivity index (χ0v) is 15.6. The van der Waals surface area contributed by atoms with Crippen LogP contribution in [-0.4, -0.2) is 17.3 Å². The molecule has 3 heteroatoms. The molecule has 0 saturated heterocycles. The molecular weight excluding hydrogens is 288 g/mol. The molecule has 0 spiro atoms. The number of carbonyl (C=O) groups excluding carboxylic acids is 3. The lowest BCUT2D eigenvalue weighted by Gasteiger charge is -2.38. The number of hydrogen-bond acceptors (Lipinski definition) is 3. The lowest BCUT2D eigenvalue weighted by Crippen LogP contribution is -2.47. The van der Waals surface area contributed by atoms with Crippen LogP contribution in [0.3, 0.4) is 0 Å². The average Bonchev–Trinajstić information content (AvgIpc) is 2.89. The van der Waals surface area contributed by atoms with Crippen LogP contribution in [0.2, 0.25) is 0 Å². The fourth-order valence-electron chi connectivity index (χ4n) is 4.02. The Hall–Kier alpha value is -1.51. The van der Waals surface area contributed by atoms with Gasteiger partial charge in [0, 0.05) is 22.3 Å². The summed E-state index contributed by atoms with van der Waals surface area (Å²) in [5.74, 6) is -0.0279. The minimum absolute atomic E-state index is 0.0424. The fourth-order valence-corrected chi connectivity index (χ4v) is 4.02. The quantitative estimate of drug-likeness (QED) is 0.738. The monoisotopic (exact) mass is 316 g/mol. The largest absolute Gasteiger partial charge is 0.298 e. The highest BCUT2D eigenvalue weighted by Gasteiger charge is 2.54. The standard InChI is InChI=1S/C20H28O3/c1-11(2)15(21)18(3,4)12-9-13-14(10-12)19(5,6)17(23)20(7,8)16(13)22/h10-11H,9H2,1-8H3. The molecule has 0 unspecified atom stereocenters. The number of rotatable bonds is 3. The summed E-state index contributed by atoms with van der Waals surface area (Å²) in [5.41, 5.74) is 0.192. The van der Waals surface area contributed by atoms with Crippen LogP contribution < -0.4 is 0 Å². The van der Waals surface area contributed by atoms with Gasteiger partial charge in [0.05, 0.1) is 5.41 Å². The third-order valence-electron chi connectivity index (χ3n) is 5.60. The highest BCUT2D eigenvalue weighted by molar-refractivity contribution is 6.20. The van der Waals surface area contributed by atoms with Crippen molar-refractivity contribution in [3.8, 4) is 0 Å². The van der Waals surface area contributed by atoms with Crippen LogP contribution >= 0.6 is 0 Å². The van der Waals surface area contributed by atoms with Gasteiger partial charge < -0.3 is 0 Å². The van der Waals surface area contributed by atoms with Crippen molar-refractivity contribution in [1.82, 2.24) is 0 Å². The van der Waals surface area contributed by atoms with E-state index in [0.717, 1.165) is 16.7 Å². The molecule has 126 valence electrons. The molecule has 0 fully saturated rings. The second kappa shape index (κ2) is 4.99. The number of Topliss-reactive ketones (excluding diaryl/α,β-unsaturated/α-hetero) is 3. The predicted molar refractivity (Wildman–Crippen MR) is 90.9 cm³/mol. The van der Waals surface area contributed by atoms with E-state index >= 15 is 0 Å². The average molecular weight is 316 g/mol. The molecule has 0 aromatic carbocycles. The van der Waals surface area contributed by atoms with Gasteiger partial charge in [-0.05, 0) is 53.5 Å². The van der Waals surface area contributed by atoms with Gasteiger partial charge in [0.2, 0.25) is 0 Å². The fraction of sp³-hybridized carbons (Fsp3) is 0.650. The Morgan fingerprint density at radius 3 is 2.09 bits per heavy atom. The second-order valence-corrected chi connectivity index (χ2v) is 8.79. The molecule has 0 saturated carbocycles. The molecule has 0 N–H and O–H groups in total. The summed E-state index contributed by atoms with van der Waals surface area (Å²) in [4.78, 5) is 38.2. The van der Waals surface area contributed by atoms with E-state index in [2.05, 4.69) is 0 Å². The number of carbonyl (C=O) groups is 3. The van der Waals surface area contributed by atoms with Crippen molar-refractivity contribution in [2.45, 2.75) is 61.8 Å². The van der Waals surface area contributed by atoms with Gasteiger partial charge in [-0.2, -0.15) is 0 Å². The Kier molecular flexibility index (Phi) is 3.87. The molecule has 23 heavy (non-hydrogen) atoms. The van der Waals surface area contributed by atoms with E-state index in [1.165, 1.54) is 0 Å². The van der Waals surface area contributed by atoms with Crippen molar-refractivity contribution in [2.24, 2.45) is 22.2 Å². The van der Waals surface area contributed by atoms with E-state index in [1.54, 1.807) is 13.8 Å². The summed E-state index contributed by atoms with van der Waals surface area (Å²) >= 11 is 0. The predicted octanol–water partition coefficient (Wildman–Crippen LogP) is 4.07. The van der Waals surface area contributed by atoms with Crippen LogP contribution in [0.25, 0.3) is 0 Å². The Bertz CT molecular complexity index is 667. The first-order chi connectivity index (χ1) is 10.3. The van der Waals surface area contributed by atoms with Gasteiger partial charge in [-0.15, -0.1) is 0 Å². The van der Waals surface area contributed by atoms with Crippen LogP contribution in [0.15, 0.2) is 22.8 Å². The summed E-state index contributed by atoms with van der Waals surface area (Å²) in [6, 6.07) is 0. The first-order valence-corrected chi connectivity index (χ1v) is 8.34. The molecule has 2 rings (SSSR count). The summed E-state index contributed by atoms with van der Waals surface area (Å²) in [6.07, 6.45) is 2.43. The molecule has 2 aliphatic rings. The van der Waals surface area contributed by atoms with E-state index in [1.807, 2.05) is 47.6 Å². The van der Waals surface area contributed by atoms with Crippen molar-refractivity contribution in [3.63, 3.8) is 0 Å². The molecule has 0 amide bonds. The minimum Gasteiger partial charge on any atom is -0.298 e. The zero-order chi connectivity index (χ0) is 18.0. The first-order valence-electron chi connectivity index (χ1n) is 8.34. The van der Waals surface area contributed by atoms with Crippen LogP contribution in [0, 0.1) is 22.2 Å². The van der Waals surface area contributed by atoms with Gasteiger partial charge in [-0.1, -0.05) is 25.5 Å². The molecule has 0 radical (unpaired) electrons. The van der Waals surface area contributed by atoms with Crippen molar-refractivity contribution in [2.75, 3.05) is 0 Å². The molecule has 2 aliphatic carbocycles. The van der Waals surface area contributed by atoms with Gasteiger partial charge in [-0.25, -0.2) is 0 Å². The maximum absolute atomic E-state index is 12.8. The molecule has 3 nitrogen and oxygen atoms in total. The van der Waals surface area contributed by atoms with Gasteiger partial charge in [0.1, 0.15) is 5.78 Å². The lowest BCUT2D eigenvalue weighted by molar-refractivity contribution is -0.143. The molecule has 0 aliphatic heterocycles. The molecule has 0 aromatic heterocycles. The van der Waals surface area contributed by atoms with E-state index < -0.39 is 16.2 Å². The number of allylic oxidation sites excluding steroid dienone is 4.